The number of hydrogen-bond acceptors (Lipinski definition) is 3. The van der Waals surface area contributed by atoms with Crippen LogP contribution in [-0.2, 0) is 10.0 Å². The van der Waals surface area contributed by atoms with Gasteiger partial charge in [0, 0.05) is 23.3 Å². The number of rotatable bonds is 3. The number of nitrogens with one attached hydrogen (secondary N) is 2. The highest BCUT2D eigenvalue weighted by Gasteiger charge is 2.03. The first-order valence-corrected chi connectivity index (χ1v) is 7.16. The molecular formula is C12H13N3O2S. The predicted octanol–water partition coefficient (Wildman–Crippen LogP) is 0.854. The van der Waals surface area contributed by atoms with Crippen molar-refractivity contribution in [3.8, 4) is 11.8 Å². The maximum atomic E-state index is 11.2. The molecule has 0 aliphatic heterocycles. The first-order chi connectivity index (χ1) is 8.62. The van der Waals surface area contributed by atoms with E-state index in [1.807, 2.05) is 6.07 Å². The maximum absolute atomic E-state index is 11.2. The van der Waals surface area contributed by atoms with Crippen LogP contribution in [0.2, 0.25) is 0 Å². The lowest BCUT2D eigenvalue weighted by Crippen LogP contribution is -2.25. The predicted molar refractivity (Wildman–Crippen MR) is 70.4 cm³/mol. The summed E-state index contributed by atoms with van der Waals surface area (Å²) in [5.41, 5.74) is 1.60. The van der Waals surface area contributed by atoms with E-state index < -0.39 is 10.0 Å². The van der Waals surface area contributed by atoms with Gasteiger partial charge in [-0.3, -0.25) is 0 Å². The molecule has 2 aromatic rings. The number of pyridine rings is 1. The molecule has 18 heavy (non-hydrogen) atoms. The van der Waals surface area contributed by atoms with Crippen molar-refractivity contribution in [3.05, 3.63) is 30.1 Å². The number of sulfonamides is 1. The molecule has 0 fully saturated rings. The number of hydrogen-bond donors (Lipinski definition) is 2. The van der Waals surface area contributed by atoms with Crippen LogP contribution in [0.4, 0.5) is 0 Å². The van der Waals surface area contributed by atoms with Crippen LogP contribution in [0.25, 0.3) is 11.0 Å². The molecule has 0 saturated heterocycles. The van der Waals surface area contributed by atoms with Crippen molar-refractivity contribution in [1.82, 2.24) is 14.7 Å². The van der Waals surface area contributed by atoms with Gasteiger partial charge in [-0.2, -0.15) is 0 Å². The Hall–Kier alpha value is -1.84. The van der Waals surface area contributed by atoms with Crippen molar-refractivity contribution in [2.45, 2.75) is 6.92 Å². The molecule has 0 aliphatic rings. The molecular weight excluding hydrogens is 250 g/mol. The molecule has 2 N–H and O–H groups in total. The summed E-state index contributed by atoms with van der Waals surface area (Å²) < 4.78 is 24.8. The fourth-order valence-corrected chi connectivity index (χ4v) is 1.95. The Kier molecular flexibility index (Phi) is 3.65. The van der Waals surface area contributed by atoms with Gasteiger partial charge < -0.3 is 4.98 Å². The highest BCUT2D eigenvalue weighted by molar-refractivity contribution is 7.89. The van der Waals surface area contributed by atoms with Gasteiger partial charge in [-0.15, -0.1) is 0 Å². The SMILES string of the molecule is CCS(=O)(=O)NCC#Cc1ccnc2[nH]ccc12. The Balaban J connectivity index is 2.13. The number of H-pyrrole nitrogens is 1. The van der Waals surface area contributed by atoms with E-state index >= 15 is 0 Å². The zero-order valence-corrected chi connectivity index (χ0v) is 10.7. The standard InChI is InChI=1S/C12H13N3O2S/c1-2-18(16,17)15-7-3-4-10-5-8-13-12-11(10)6-9-14-12/h5-6,8-9,15H,2,7H2,1H3,(H,13,14). The topological polar surface area (TPSA) is 74.8 Å². The monoisotopic (exact) mass is 263 g/mol. The lowest BCUT2D eigenvalue weighted by molar-refractivity contribution is 0.587. The molecule has 2 rings (SSSR count). The van der Waals surface area contributed by atoms with Gasteiger partial charge in [-0.05, 0) is 19.1 Å². The van der Waals surface area contributed by atoms with Gasteiger partial charge in [-0.1, -0.05) is 11.8 Å². The van der Waals surface area contributed by atoms with E-state index in [0.717, 1.165) is 16.6 Å². The first-order valence-electron chi connectivity index (χ1n) is 5.50. The van der Waals surface area contributed by atoms with Crippen LogP contribution >= 0.6 is 0 Å². The van der Waals surface area contributed by atoms with Crippen molar-refractivity contribution < 1.29 is 8.42 Å². The lowest BCUT2D eigenvalue weighted by atomic mass is 10.2. The van der Waals surface area contributed by atoms with Crippen LogP contribution in [0.15, 0.2) is 24.5 Å². The van der Waals surface area contributed by atoms with Crippen molar-refractivity contribution in [3.63, 3.8) is 0 Å². The summed E-state index contributed by atoms with van der Waals surface area (Å²) >= 11 is 0. The molecule has 0 radical (unpaired) electrons. The van der Waals surface area contributed by atoms with Gasteiger partial charge in [0.2, 0.25) is 10.0 Å². The lowest BCUT2D eigenvalue weighted by Gasteiger charge is -1.98. The smallest absolute Gasteiger partial charge is 0.212 e. The van der Waals surface area contributed by atoms with E-state index in [2.05, 4.69) is 26.5 Å². The van der Waals surface area contributed by atoms with Crippen molar-refractivity contribution in [1.29, 1.82) is 0 Å². The Labute approximate surface area is 106 Å². The van der Waals surface area contributed by atoms with Crippen LogP contribution in [0, 0.1) is 11.8 Å². The van der Waals surface area contributed by atoms with Gasteiger partial charge in [0.25, 0.3) is 0 Å². The first kappa shape index (κ1) is 12.6. The minimum Gasteiger partial charge on any atom is -0.346 e. The number of nitrogens with zero attached hydrogens (tertiary/aromatic N) is 1. The third-order valence-corrected chi connectivity index (χ3v) is 3.79. The summed E-state index contributed by atoms with van der Waals surface area (Å²) in [5.74, 6) is 5.79. The van der Waals surface area contributed by atoms with Gasteiger partial charge in [0.15, 0.2) is 0 Å². The maximum Gasteiger partial charge on any atom is 0.212 e. The molecule has 5 nitrogen and oxygen atoms in total. The average molecular weight is 263 g/mol. The molecule has 0 atom stereocenters. The summed E-state index contributed by atoms with van der Waals surface area (Å²) in [6.45, 7) is 1.70. The number of aromatic amines is 1. The van der Waals surface area contributed by atoms with E-state index in [-0.39, 0.29) is 12.3 Å². The summed E-state index contributed by atoms with van der Waals surface area (Å²) in [6.07, 6.45) is 3.46. The molecule has 0 aliphatic carbocycles. The number of aromatic nitrogens is 2. The third kappa shape index (κ3) is 2.88. The second-order valence-corrected chi connectivity index (χ2v) is 5.72. The zero-order chi connectivity index (χ0) is 13.0. The van der Waals surface area contributed by atoms with Gasteiger partial charge in [0.05, 0.1) is 12.3 Å². The normalized spacial score (nSPS) is 11.2. The van der Waals surface area contributed by atoms with Crippen LogP contribution in [0.1, 0.15) is 12.5 Å². The highest BCUT2D eigenvalue weighted by atomic mass is 32.2. The molecule has 2 aromatic heterocycles. The third-order valence-electron chi connectivity index (χ3n) is 2.44. The Morgan fingerprint density at radius 2 is 2.28 bits per heavy atom. The van der Waals surface area contributed by atoms with E-state index in [0.29, 0.717) is 0 Å². The molecule has 6 heteroatoms. The van der Waals surface area contributed by atoms with Crippen LogP contribution in [0.5, 0.6) is 0 Å². The Morgan fingerprint density at radius 1 is 1.44 bits per heavy atom. The van der Waals surface area contributed by atoms with Crippen LogP contribution < -0.4 is 4.72 Å². The molecule has 0 bridgehead atoms. The minimum absolute atomic E-state index is 0.0615. The molecule has 0 unspecified atom stereocenters. The summed E-state index contributed by atoms with van der Waals surface area (Å²) in [6, 6.07) is 3.69. The van der Waals surface area contributed by atoms with Gasteiger partial charge in [-0.25, -0.2) is 18.1 Å². The molecule has 2 heterocycles. The largest absolute Gasteiger partial charge is 0.346 e. The molecule has 94 valence electrons. The fourth-order valence-electron chi connectivity index (χ4n) is 1.46. The molecule has 0 amide bonds. The fraction of sp³-hybridized carbons (Fsp3) is 0.250. The number of fused-ring (bicyclic) bond motifs is 1. The van der Waals surface area contributed by atoms with E-state index in [1.165, 1.54) is 0 Å². The minimum atomic E-state index is -3.18. The second-order valence-electron chi connectivity index (χ2n) is 3.62. The summed E-state index contributed by atoms with van der Waals surface area (Å²) in [7, 11) is -3.18. The van der Waals surface area contributed by atoms with Crippen LogP contribution in [-0.4, -0.2) is 30.7 Å². The summed E-state index contributed by atoms with van der Waals surface area (Å²) in [5, 5.41) is 0.934. The van der Waals surface area contributed by atoms with Crippen molar-refractivity contribution in [2.24, 2.45) is 0 Å². The molecule has 0 saturated carbocycles. The van der Waals surface area contributed by atoms with E-state index in [1.54, 1.807) is 25.4 Å². The Morgan fingerprint density at radius 3 is 3.06 bits per heavy atom. The van der Waals surface area contributed by atoms with E-state index in [9.17, 15) is 8.42 Å². The van der Waals surface area contributed by atoms with Crippen molar-refractivity contribution >= 4 is 21.1 Å². The zero-order valence-electron chi connectivity index (χ0n) is 9.90. The van der Waals surface area contributed by atoms with Crippen molar-refractivity contribution in [2.75, 3.05) is 12.3 Å². The average Bonchev–Trinajstić information content (AvgIpc) is 2.83. The quantitative estimate of drug-likeness (QED) is 0.806. The second kappa shape index (κ2) is 5.21. The van der Waals surface area contributed by atoms with Crippen LogP contribution in [0.3, 0.4) is 0 Å². The summed E-state index contributed by atoms with van der Waals surface area (Å²) in [4.78, 5) is 7.14. The van der Waals surface area contributed by atoms with Gasteiger partial charge >= 0.3 is 0 Å². The van der Waals surface area contributed by atoms with Gasteiger partial charge in [0.1, 0.15) is 5.65 Å². The molecule has 0 spiro atoms. The Bertz CT molecular complexity index is 707. The highest BCUT2D eigenvalue weighted by Crippen LogP contribution is 2.13. The molecule has 0 aromatic carbocycles. The van der Waals surface area contributed by atoms with E-state index in [4.69, 9.17) is 0 Å².